The first-order chi connectivity index (χ1) is 10.4. The Bertz CT molecular complexity index is 311. The van der Waals surface area contributed by atoms with Crippen LogP contribution in [-0.2, 0) is 13.3 Å². The van der Waals surface area contributed by atoms with E-state index in [0.717, 1.165) is 12.8 Å². The first-order valence-corrected chi connectivity index (χ1v) is 14.6. The standard InChI is InChI=1S/C14H29Cl3O3Si2/c1-5-6-7-8-9-10-11-12-13-14(21(15,16)17)22(18-2,19-3)20-4/h13H,5-12H2,1-4H3/b14-13-. The molecule has 3 nitrogen and oxygen atoms in total. The van der Waals surface area contributed by atoms with E-state index in [1.165, 1.54) is 59.9 Å². The van der Waals surface area contributed by atoms with Gasteiger partial charge in [-0.1, -0.05) is 51.5 Å². The molecule has 0 aromatic rings. The minimum absolute atomic E-state index is 0.628. The van der Waals surface area contributed by atoms with Gasteiger partial charge in [0.25, 0.3) is 0 Å². The molecule has 0 saturated carbocycles. The lowest BCUT2D eigenvalue weighted by atomic mass is 10.1. The molecule has 8 heteroatoms. The Morgan fingerprint density at radius 3 is 1.68 bits per heavy atom. The fourth-order valence-corrected chi connectivity index (χ4v) is 10.4. The van der Waals surface area contributed by atoms with Crippen LogP contribution < -0.4 is 0 Å². The van der Waals surface area contributed by atoms with Crippen LogP contribution in [0.4, 0.5) is 0 Å². The molecule has 0 saturated heterocycles. The lowest BCUT2D eigenvalue weighted by Crippen LogP contribution is -2.50. The molecule has 0 unspecified atom stereocenters. The second-order valence-corrected chi connectivity index (χ2v) is 16.9. The van der Waals surface area contributed by atoms with Crippen LogP contribution >= 0.6 is 33.2 Å². The van der Waals surface area contributed by atoms with Crippen LogP contribution in [-0.4, -0.2) is 36.1 Å². The van der Waals surface area contributed by atoms with Crippen LogP contribution in [0.5, 0.6) is 0 Å². The largest absolute Gasteiger partial charge is 0.531 e. The smallest absolute Gasteiger partial charge is 0.374 e. The van der Waals surface area contributed by atoms with Gasteiger partial charge >= 0.3 is 14.8 Å². The van der Waals surface area contributed by atoms with E-state index in [1.54, 1.807) is 0 Å². The summed E-state index contributed by atoms with van der Waals surface area (Å²) in [5, 5.41) is 0. The third kappa shape index (κ3) is 8.15. The van der Waals surface area contributed by atoms with Gasteiger partial charge in [-0.15, -0.1) is 33.2 Å². The maximum atomic E-state index is 6.21. The highest BCUT2D eigenvalue weighted by Crippen LogP contribution is 2.36. The van der Waals surface area contributed by atoms with Crippen molar-refractivity contribution in [2.75, 3.05) is 21.3 Å². The van der Waals surface area contributed by atoms with E-state index >= 15 is 0 Å². The van der Waals surface area contributed by atoms with Crippen molar-refractivity contribution in [1.29, 1.82) is 0 Å². The summed E-state index contributed by atoms with van der Waals surface area (Å²) in [5.74, 6) is 0. The number of hydrogen-bond acceptors (Lipinski definition) is 3. The number of hydrogen-bond donors (Lipinski definition) is 0. The number of unbranched alkanes of at least 4 members (excludes halogenated alkanes) is 7. The highest BCUT2D eigenvalue weighted by molar-refractivity contribution is 7.69. The van der Waals surface area contributed by atoms with Crippen molar-refractivity contribution < 1.29 is 13.3 Å². The second-order valence-electron chi connectivity index (χ2n) is 5.19. The molecule has 0 N–H and O–H groups in total. The highest BCUT2D eigenvalue weighted by atomic mass is 35.8. The molecular formula is C14H29Cl3O3Si2. The zero-order chi connectivity index (χ0) is 17.1. The summed E-state index contributed by atoms with van der Waals surface area (Å²) < 4.78 is 16.4. The SMILES string of the molecule is CCCCCCCCC/C=C(/[Si](Cl)(Cl)Cl)[Si](OC)(OC)OC. The summed E-state index contributed by atoms with van der Waals surface area (Å²) in [4.78, 5) is 0.628. The van der Waals surface area contributed by atoms with Gasteiger partial charge in [0.15, 0.2) is 0 Å². The summed E-state index contributed by atoms with van der Waals surface area (Å²) in [5.41, 5.74) is 0. The Balaban J connectivity index is 4.53. The molecule has 0 aliphatic heterocycles. The Hall–Kier alpha value is 0.924. The van der Waals surface area contributed by atoms with Crippen LogP contribution in [0.2, 0.25) is 0 Å². The molecular weight excluding hydrogens is 379 g/mol. The first-order valence-electron chi connectivity index (χ1n) is 7.81. The third-order valence-corrected chi connectivity index (χ3v) is 12.2. The Kier molecular flexibility index (Phi) is 12.8. The normalized spacial score (nSPS) is 13.7. The van der Waals surface area contributed by atoms with E-state index in [-0.39, 0.29) is 0 Å². The molecule has 0 bridgehead atoms. The lowest BCUT2D eigenvalue weighted by molar-refractivity contribution is 0.137. The minimum atomic E-state index is -3.11. The van der Waals surface area contributed by atoms with Crippen molar-refractivity contribution in [2.45, 2.75) is 58.3 Å². The Labute approximate surface area is 151 Å². The average Bonchev–Trinajstić information content (AvgIpc) is 2.48. The van der Waals surface area contributed by atoms with Gasteiger partial charge in [-0.2, -0.15) is 0 Å². The van der Waals surface area contributed by atoms with Crippen molar-refractivity contribution >= 4 is 48.0 Å². The summed E-state index contributed by atoms with van der Waals surface area (Å²) >= 11 is 18.6. The van der Waals surface area contributed by atoms with Gasteiger partial charge in [-0.3, -0.25) is 0 Å². The van der Waals surface area contributed by atoms with E-state index in [2.05, 4.69) is 6.92 Å². The molecule has 0 fully saturated rings. The zero-order valence-electron chi connectivity index (χ0n) is 14.1. The van der Waals surface area contributed by atoms with Gasteiger partial charge in [0.1, 0.15) is 0 Å². The minimum Gasteiger partial charge on any atom is -0.374 e. The number of allylic oxidation sites excluding steroid dienone is 1. The zero-order valence-corrected chi connectivity index (χ0v) is 18.4. The monoisotopic (exact) mass is 406 g/mol. The molecule has 0 rings (SSSR count). The van der Waals surface area contributed by atoms with E-state index in [9.17, 15) is 0 Å². The van der Waals surface area contributed by atoms with Gasteiger partial charge in [0, 0.05) is 26.1 Å². The molecule has 0 radical (unpaired) electrons. The Morgan fingerprint density at radius 2 is 1.27 bits per heavy atom. The van der Waals surface area contributed by atoms with Crippen molar-refractivity contribution in [2.24, 2.45) is 0 Å². The van der Waals surface area contributed by atoms with Crippen molar-refractivity contribution in [1.82, 2.24) is 0 Å². The highest BCUT2D eigenvalue weighted by Gasteiger charge is 2.53. The molecule has 0 spiro atoms. The van der Waals surface area contributed by atoms with Gasteiger partial charge in [-0.25, -0.2) is 0 Å². The third-order valence-electron chi connectivity index (χ3n) is 3.60. The molecule has 0 aliphatic rings. The van der Waals surface area contributed by atoms with Crippen molar-refractivity contribution in [3.63, 3.8) is 0 Å². The predicted molar refractivity (Wildman–Crippen MR) is 101 cm³/mol. The maximum Gasteiger partial charge on any atom is 0.531 e. The van der Waals surface area contributed by atoms with Crippen LogP contribution in [0.3, 0.4) is 0 Å². The van der Waals surface area contributed by atoms with Gasteiger partial charge in [0.2, 0.25) is 0 Å². The fourth-order valence-electron chi connectivity index (χ4n) is 2.34. The van der Waals surface area contributed by atoms with Crippen LogP contribution in [0.15, 0.2) is 10.9 Å². The maximum absolute atomic E-state index is 6.21. The number of halogens is 3. The summed E-state index contributed by atoms with van der Waals surface area (Å²) in [6, 6.07) is -3.11. The van der Waals surface area contributed by atoms with Gasteiger partial charge in [0.05, 0.1) is 0 Å². The van der Waals surface area contributed by atoms with Crippen LogP contribution in [0, 0.1) is 0 Å². The molecule has 0 aliphatic carbocycles. The summed E-state index contributed by atoms with van der Waals surface area (Å²) in [6.07, 6.45) is 11.6. The molecule has 0 heterocycles. The fraction of sp³-hybridized carbons (Fsp3) is 0.857. The molecule has 0 aromatic heterocycles. The van der Waals surface area contributed by atoms with Gasteiger partial charge in [-0.05, 0) is 12.8 Å². The predicted octanol–water partition coefficient (Wildman–Crippen LogP) is 5.67. The Morgan fingerprint density at radius 1 is 0.818 bits per heavy atom. The van der Waals surface area contributed by atoms with E-state index in [0.29, 0.717) is 4.82 Å². The number of rotatable bonds is 13. The molecule has 0 atom stereocenters. The quantitative estimate of drug-likeness (QED) is 0.224. The van der Waals surface area contributed by atoms with E-state index in [1.807, 2.05) is 6.08 Å². The van der Waals surface area contributed by atoms with Crippen LogP contribution in [0.1, 0.15) is 58.3 Å². The van der Waals surface area contributed by atoms with Crippen molar-refractivity contribution in [3.8, 4) is 0 Å². The van der Waals surface area contributed by atoms with Crippen molar-refractivity contribution in [3.05, 3.63) is 10.9 Å². The first kappa shape index (κ1) is 22.9. The molecule has 132 valence electrons. The average molecular weight is 408 g/mol. The molecule has 22 heavy (non-hydrogen) atoms. The van der Waals surface area contributed by atoms with E-state index < -0.39 is 14.8 Å². The van der Waals surface area contributed by atoms with Crippen LogP contribution in [0.25, 0.3) is 0 Å². The van der Waals surface area contributed by atoms with E-state index in [4.69, 9.17) is 46.5 Å². The second kappa shape index (κ2) is 12.3. The van der Waals surface area contributed by atoms with Gasteiger partial charge < -0.3 is 13.3 Å². The summed E-state index contributed by atoms with van der Waals surface area (Å²) in [6.45, 7) is 2.23. The molecule has 0 aromatic carbocycles. The topological polar surface area (TPSA) is 27.7 Å². The summed E-state index contributed by atoms with van der Waals surface area (Å²) in [7, 11) is 1.56. The lowest BCUT2D eigenvalue weighted by Gasteiger charge is -2.29. The molecule has 0 amide bonds.